The monoisotopic (exact) mass is 443 g/mol. The molecule has 0 aliphatic carbocycles. The molecule has 0 unspecified atom stereocenters. The Morgan fingerprint density at radius 3 is 2.26 bits per heavy atom. The first-order chi connectivity index (χ1) is 14.7. The van der Waals surface area contributed by atoms with Crippen molar-refractivity contribution in [3.05, 3.63) is 42.6 Å². The van der Waals surface area contributed by atoms with Crippen LogP contribution < -0.4 is 9.80 Å². The van der Waals surface area contributed by atoms with Crippen molar-refractivity contribution in [3.63, 3.8) is 0 Å². The van der Waals surface area contributed by atoms with Crippen LogP contribution in [0.5, 0.6) is 0 Å². The SMILES string of the molecule is Fc1cnc(N2CCC3(CC2)CN(c2ccccn2)CCO3)nc1.O=C(O)C(F)(F)F. The minimum atomic E-state index is -5.08. The van der Waals surface area contributed by atoms with Crippen molar-refractivity contribution in [2.75, 3.05) is 42.6 Å². The number of morpholine rings is 1. The molecule has 12 heteroatoms. The summed E-state index contributed by atoms with van der Waals surface area (Å²) in [6.07, 6.45) is 0.972. The molecule has 4 heterocycles. The Hall–Kier alpha value is -3.02. The standard InChI is InChI=1S/C17H20FN5O.C2HF3O2/c18-14-11-20-16(21-12-14)22-7-4-17(5-8-22)13-23(9-10-24-17)15-3-1-2-6-19-15;3-2(4,5)1(6)7/h1-3,6,11-12H,4-5,7-10,13H2;(H,6,7). The summed E-state index contributed by atoms with van der Waals surface area (Å²) in [5.74, 6) is -1.57. The van der Waals surface area contributed by atoms with Crippen LogP contribution >= 0.6 is 0 Å². The highest BCUT2D eigenvalue weighted by molar-refractivity contribution is 5.73. The van der Waals surface area contributed by atoms with Crippen molar-refractivity contribution in [1.82, 2.24) is 15.0 Å². The van der Waals surface area contributed by atoms with Gasteiger partial charge < -0.3 is 19.6 Å². The van der Waals surface area contributed by atoms with Crippen molar-refractivity contribution in [2.24, 2.45) is 0 Å². The summed E-state index contributed by atoms with van der Waals surface area (Å²) in [5.41, 5.74) is -0.147. The van der Waals surface area contributed by atoms with Crippen molar-refractivity contribution in [3.8, 4) is 0 Å². The number of carbonyl (C=O) groups is 1. The number of aliphatic carboxylic acids is 1. The van der Waals surface area contributed by atoms with Gasteiger partial charge in [-0.05, 0) is 25.0 Å². The van der Waals surface area contributed by atoms with Crippen LogP contribution in [-0.4, -0.2) is 70.6 Å². The number of hydrogen-bond acceptors (Lipinski definition) is 7. The van der Waals surface area contributed by atoms with Crippen LogP contribution in [0.15, 0.2) is 36.8 Å². The van der Waals surface area contributed by atoms with E-state index in [1.54, 1.807) is 0 Å². The van der Waals surface area contributed by atoms with Gasteiger partial charge in [-0.1, -0.05) is 6.07 Å². The molecule has 0 amide bonds. The number of aromatic nitrogens is 3. The Labute approximate surface area is 175 Å². The third kappa shape index (κ3) is 6.00. The maximum Gasteiger partial charge on any atom is 0.490 e. The summed E-state index contributed by atoms with van der Waals surface area (Å²) in [7, 11) is 0. The molecule has 168 valence electrons. The van der Waals surface area contributed by atoms with E-state index in [-0.39, 0.29) is 5.60 Å². The molecule has 4 rings (SSSR count). The topological polar surface area (TPSA) is 91.7 Å². The van der Waals surface area contributed by atoms with Crippen molar-refractivity contribution in [1.29, 1.82) is 0 Å². The second kappa shape index (κ2) is 9.41. The Morgan fingerprint density at radius 1 is 1.06 bits per heavy atom. The van der Waals surface area contributed by atoms with Crippen LogP contribution in [0.3, 0.4) is 0 Å². The number of alkyl halides is 3. The van der Waals surface area contributed by atoms with Gasteiger partial charge in [0.2, 0.25) is 5.95 Å². The second-order valence-corrected chi connectivity index (χ2v) is 7.13. The first kappa shape index (κ1) is 22.7. The summed E-state index contributed by atoms with van der Waals surface area (Å²) >= 11 is 0. The molecule has 31 heavy (non-hydrogen) atoms. The van der Waals surface area contributed by atoms with Gasteiger partial charge in [-0.3, -0.25) is 0 Å². The Kier molecular flexibility index (Phi) is 6.88. The first-order valence-corrected chi connectivity index (χ1v) is 9.51. The second-order valence-electron chi connectivity index (χ2n) is 7.13. The molecule has 2 fully saturated rings. The van der Waals surface area contributed by atoms with Crippen LogP contribution in [0.4, 0.5) is 29.3 Å². The van der Waals surface area contributed by atoms with Gasteiger partial charge in [-0.15, -0.1) is 0 Å². The summed E-state index contributed by atoms with van der Waals surface area (Å²) in [6.45, 7) is 4.04. The van der Waals surface area contributed by atoms with Gasteiger partial charge in [0.05, 0.1) is 24.6 Å². The number of anilines is 2. The molecular weight excluding hydrogens is 422 g/mol. The number of rotatable bonds is 2. The molecule has 0 bridgehead atoms. The minimum absolute atomic E-state index is 0.147. The number of nitrogens with zero attached hydrogens (tertiary/aromatic N) is 5. The zero-order chi connectivity index (χ0) is 22.5. The zero-order valence-corrected chi connectivity index (χ0v) is 16.4. The highest BCUT2D eigenvalue weighted by Crippen LogP contribution is 2.32. The van der Waals surface area contributed by atoms with Crippen molar-refractivity contribution < 1.29 is 32.2 Å². The highest BCUT2D eigenvalue weighted by Gasteiger charge is 2.40. The third-order valence-electron chi connectivity index (χ3n) is 5.03. The molecule has 2 aliphatic heterocycles. The van der Waals surface area contributed by atoms with Gasteiger partial charge in [-0.2, -0.15) is 13.2 Å². The van der Waals surface area contributed by atoms with E-state index < -0.39 is 18.0 Å². The van der Waals surface area contributed by atoms with Crippen LogP contribution in [0, 0.1) is 5.82 Å². The molecule has 0 saturated carbocycles. The van der Waals surface area contributed by atoms with E-state index in [9.17, 15) is 17.6 Å². The zero-order valence-electron chi connectivity index (χ0n) is 16.4. The number of hydrogen-bond donors (Lipinski definition) is 1. The van der Waals surface area contributed by atoms with E-state index in [2.05, 4.69) is 24.8 Å². The number of ether oxygens (including phenoxy) is 1. The fraction of sp³-hybridized carbons (Fsp3) is 0.474. The number of carboxylic acids is 1. The molecule has 0 radical (unpaired) electrons. The average molecular weight is 443 g/mol. The number of piperidine rings is 1. The molecule has 2 aromatic rings. The predicted octanol–water partition coefficient (Wildman–Crippen LogP) is 2.52. The first-order valence-electron chi connectivity index (χ1n) is 9.51. The lowest BCUT2D eigenvalue weighted by Crippen LogP contribution is -2.57. The predicted molar refractivity (Wildman–Crippen MR) is 102 cm³/mol. The van der Waals surface area contributed by atoms with E-state index in [4.69, 9.17) is 14.6 Å². The maximum absolute atomic E-state index is 13.0. The molecule has 1 spiro atoms. The minimum Gasteiger partial charge on any atom is -0.475 e. The fourth-order valence-corrected chi connectivity index (χ4v) is 3.47. The molecular formula is C19H21F4N5O3. The lowest BCUT2D eigenvalue weighted by molar-refractivity contribution is -0.192. The van der Waals surface area contributed by atoms with Gasteiger partial charge >= 0.3 is 12.1 Å². The number of pyridine rings is 1. The van der Waals surface area contributed by atoms with Gasteiger partial charge in [0.25, 0.3) is 0 Å². The van der Waals surface area contributed by atoms with Gasteiger partial charge in [0, 0.05) is 32.4 Å². The average Bonchev–Trinajstić information content (AvgIpc) is 2.76. The molecule has 1 N–H and O–H groups in total. The third-order valence-corrected chi connectivity index (χ3v) is 5.03. The maximum atomic E-state index is 13.0. The molecule has 2 saturated heterocycles. The van der Waals surface area contributed by atoms with Crippen molar-refractivity contribution in [2.45, 2.75) is 24.6 Å². The van der Waals surface area contributed by atoms with Crippen LogP contribution in [-0.2, 0) is 9.53 Å². The molecule has 2 aromatic heterocycles. The molecule has 0 aromatic carbocycles. The highest BCUT2D eigenvalue weighted by atomic mass is 19.4. The van der Waals surface area contributed by atoms with Gasteiger partial charge in [-0.25, -0.2) is 24.1 Å². The number of halogens is 4. The normalized spacial score (nSPS) is 18.3. The lowest BCUT2D eigenvalue weighted by atomic mass is 9.89. The quantitative estimate of drug-likeness (QED) is 0.709. The summed E-state index contributed by atoms with van der Waals surface area (Å²) in [5, 5.41) is 7.12. The van der Waals surface area contributed by atoms with Gasteiger partial charge in [0.15, 0.2) is 5.82 Å². The summed E-state index contributed by atoms with van der Waals surface area (Å²) < 4.78 is 50.9. The van der Waals surface area contributed by atoms with E-state index >= 15 is 0 Å². The fourth-order valence-electron chi connectivity index (χ4n) is 3.47. The van der Waals surface area contributed by atoms with E-state index in [1.807, 2.05) is 24.4 Å². The van der Waals surface area contributed by atoms with E-state index in [0.717, 1.165) is 44.8 Å². The smallest absolute Gasteiger partial charge is 0.475 e. The Balaban J connectivity index is 0.000000339. The van der Waals surface area contributed by atoms with Gasteiger partial charge in [0.1, 0.15) is 5.82 Å². The molecule has 0 atom stereocenters. The summed E-state index contributed by atoms with van der Waals surface area (Å²) in [6, 6.07) is 5.99. The van der Waals surface area contributed by atoms with Crippen LogP contribution in [0.25, 0.3) is 0 Å². The molecule has 2 aliphatic rings. The Bertz CT molecular complexity index is 859. The number of carboxylic acid groups (broad SMARTS) is 1. The van der Waals surface area contributed by atoms with Crippen molar-refractivity contribution >= 4 is 17.7 Å². The lowest BCUT2D eigenvalue weighted by Gasteiger charge is -2.47. The van der Waals surface area contributed by atoms with E-state index in [0.29, 0.717) is 12.6 Å². The van der Waals surface area contributed by atoms with Crippen LogP contribution in [0.1, 0.15) is 12.8 Å². The largest absolute Gasteiger partial charge is 0.490 e. The molecule has 8 nitrogen and oxygen atoms in total. The van der Waals surface area contributed by atoms with Crippen LogP contribution in [0.2, 0.25) is 0 Å². The van der Waals surface area contributed by atoms with E-state index in [1.165, 1.54) is 12.4 Å². The Morgan fingerprint density at radius 2 is 1.71 bits per heavy atom. The summed E-state index contributed by atoms with van der Waals surface area (Å²) in [4.78, 5) is 25.9.